The van der Waals surface area contributed by atoms with Gasteiger partial charge in [0.15, 0.2) is 0 Å². The van der Waals surface area contributed by atoms with E-state index in [1.54, 1.807) is 15.8 Å². The highest BCUT2D eigenvalue weighted by atomic mass is 16.2. The summed E-state index contributed by atoms with van der Waals surface area (Å²) in [4.78, 5) is 14.1. The Hall–Kier alpha value is -2.10. The van der Waals surface area contributed by atoms with E-state index >= 15 is 0 Å². The predicted octanol–water partition coefficient (Wildman–Crippen LogP) is 2.31. The minimum atomic E-state index is 0.0429. The third-order valence-corrected chi connectivity index (χ3v) is 3.14. The maximum absolute atomic E-state index is 12.4. The van der Waals surface area contributed by atoms with E-state index in [0.29, 0.717) is 6.54 Å². The highest BCUT2D eigenvalue weighted by molar-refractivity contribution is 5.95. The molecule has 4 heteroatoms. The Morgan fingerprint density at radius 3 is 2.68 bits per heavy atom. The fourth-order valence-electron chi connectivity index (χ4n) is 2.16. The largest absolute Gasteiger partial charge is 0.337 e. The summed E-state index contributed by atoms with van der Waals surface area (Å²) in [6.45, 7) is 4.57. The van der Waals surface area contributed by atoms with Crippen LogP contribution in [0.25, 0.3) is 0 Å². The molecule has 0 saturated heterocycles. The van der Waals surface area contributed by atoms with Crippen molar-refractivity contribution in [1.82, 2.24) is 14.7 Å². The average Bonchev–Trinajstić information content (AvgIpc) is 2.74. The molecule has 4 nitrogen and oxygen atoms in total. The van der Waals surface area contributed by atoms with E-state index in [-0.39, 0.29) is 5.91 Å². The van der Waals surface area contributed by atoms with E-state index in [4.69, 9.17) is 0 Å². The molecule has 0 unspecified atom stereocenters. The summed E-state index contributed by atoms with van der Waals surface area (Å²) in [5, 5.41) is 4.11. The van der Waals surface area contributed by atoms with Gasteiger partial charge < -0.3 is 4.90 Å². The zero-order chi connectivity index (χ0) is 14.0. The van der Waals surface area contributed by atoms with Crippen molar-refractivity contribution in [3.8, 4) is 0 Å². The van der Waals surface area contributed by atoms with Gasteiger partial charge in [0, 0.05) is 38.0 Å². The van der Waals surface area contributed by atoms with Crippen molar-refractivity contribution in [3.63, 3.8) is 0 Å². The maximum Gasteiger partial charge on any atom is 0.254 e. The van der Waals surface area contributed by atoms with Gasteiger partial charge in [-0.2, -0.15) is 5.10 Å². The lowest BCUT2D eigenvalue weighted by molar-refractivity contribution is 0.0784. The Morgan fingerprint density at radius 1 is 1.37 bits per heavy atom. The van der Waals surface area contributed by atoms with E-state index in [1.165, 1.54) is 5.56 Å². The van der Waals surface area contributed by atoms with E-state index < -0.39 is 0 Å². The van der Waals surface area contributed by atoms with Gasteiger partial charge in [-0.15, -0.1) is 0 Å². The van der Waals surface area contributed by atoms with Crippen molar-refractivity contribution in [2.75, 3.05) is 7.05 Å². The molecule has 1 aromatic carbocycles. The molecular weight excluding hydrogens is 238 g/mol. The third kappa shape index (κ3) is 3.02. The third-order valence-electron chi connectivity index (χ3n) is 3.14. The summed E-state index contributed by atoms with van der Waals surface area (Å²) < 4.78 is 1.74. The Bertz CT molecular complexity index is 601. The zero-order valence-electron chi connectivity index (χ0n) is 11.8. The Labute approximate surface area is 113 Å². The summed E-state index contributed by atoms with van der Waals surface area (Å²) >= 11 is 0. The normalized spacial score (nSPS) is 10.5. The SMILES string of the molecule is Cc1ccc(C(=O)N(C)Cc2cnn(C)c2)c(C)c1. The van der Waals surface area contributed by atoms with Crippen LogP contribution in [0.15, 0.2) is 30.6 Å². The second-order valence-corrected chi connectivity index (χ2v) is 5.00. The van der Waals surface area contributed by atoms with Crippen LogP contribution in [0.2, 0.25) is 0 Å². The van der Waals surface area contributed by atoms with Crippen LogP contribution >= 0.6 is 0 Å². The van der Waals surface area contributed by atoms with Gasteiger partial charge >= 0.3 is 0 Å². The van der Waals surface area contributed by atoms with Crippen molar-refractivity contribution in [3.05, 3.63) is 52.8 Å². The van der Waals surface area contributed by atoms with Crippen molar-refractivity contribution < 1.29 is 4.79 Å². The number of carbonyl (C=O) groups is 1. The summed E-state index contributed by atoms with van der Waals surface area (Å²) in [5.74, 6) is 0.0429. The number of benzene rings is 1. The molecule has 1 aromatic heterocycles. The van der Waals surface area contributed by atoms with Crippen LogP contribution in [0.4, 0.5) is 0 Å². The molecule has 0 aliphatic heterocycles. The number of aryl methyl sites for hydroxylation is 3. The monoisotopic (exact) mass is 257 g/mol. The maximum atomic E-state index is 12.4. The lowest BCUT2D eigenvalue weighted by atomic mass is 10.0. The van der Waals surface area contributed by atoms with Gasteiger partial charge in [-0.1, -0.05) is 17.7 Å². The molecule has 0 atom stereocenters. The Morgan fingerprint density at radius 2 is 2.11 bits per heavy atom. The van der Waals surface area contributed by atoms with Gasteiger partial charge in [-0.3, -0.25) is 9.48 Å². The van der Waals surface area contributed by atoms with E-state index in [1.807, 2.05) is 52.3 Å². The quantitative estimate of drug-likeness (QED) is 0.846. The highest BCUT2D eigenvalue weighted by Gasteiger charge is 2.14. The van der Waals surface area contributed by atoms with Crippen LogP contribution in [0.5, 0.6) is 0 Å². The van der Waals surface area contributed by atoms with Crippen molar-refractivity contribution in [2.24, 2.45) is 7.05 Å². The predicted molar refractivity (Wildman–Crippen MR) is 74.9 cm³/mol. The van der Waals surface area contributed by atoms with E-state index in [2.05, 4.69) is 5.10 Å². The molecule has 0 N–H and O–H groups in total. The fourth-order valence-corrected chi connectivity index (χ4v) is 2.16. The molecule has 0 fully saturated rings. The zero-order valence-corrected chi connectivity index (χ0v) is 11.8. The van der Waals surface area contributed by atoms with Crippen molar-refractivity contribution in [1.29, 1.82) is 0 Å². The van der Waals surface area contributed by atoms with Crippen LogP contribution in [0, 0.1) is 13.8 Å². The number of hydrogen-bond acceptors (Lipinski definition) is 2. The summed E-state index contributed by atoms with van der Waals surface area (Å²) in [5.41, 5.74) is 3.98. The van der Waals surface area contributed by atoms with Crippen LogP contribution in [0.1, 0.15) is 27.0 Å². The molecule has 2 rings (SSSR count). The van der Waals surface area contributed by atoms with Gasteiger partial charge in [0.25, 0.3) is 5.91 Å². The minimum absolute atomic E-state index is 0.0429. The smallest absolute Gasteiger partial charge is 0.254 e. The van der Waals surface area contributed by atoms with Crippen LogP contribution in [-0.4, -0.2) is 27.6 Å². The molecule has 100 valence electrons. The summed E-state index contributed by atoms with van der Waals surface area (Å²) in [7, 11) is 3.68. The number of nitrogens with zero attached hydrogens (tertiary/aromatic N) is 3. The number of aromatic nitrogens is 2. The first-order valence-electron chi connectivity index (χ1n) is 6.27. The van der Waals surface area contributed by atoms with Gasteiger partial charge in [-0.25, -0.2) is 0 Å². The lowest BCUT2D eigenvalue weighted by Crippen LogP contribution is -2.26. The Balaban J connectivity index is 2.14. The molecule has 0 spiro atoms. The van der Waals surface area contributed by atoms with Crippen molar-refractivity contribution in [2.45, 2.75) is 20.4 Å². The van der Waals surface area contributed by atoms with Crippen molar-refractivity contribution >= 4 is 5.91 Å². The molecule has 0 bridgehead atoms. The van der Waals surface area contributed by atoms with Gasteiger partial charge in [-0.05, 0) is 25.5 Å². The van der Waals surface area contributed by atoms with Crippen LogP contribution in [-0.2, 0) is 13.6 Å². The molecule has 0 aliphatic rings. The summed E-state index contributed by atoms with van der Waals surface area (Å²) in [6.07, 6.45) is 3.71. The number of carbonyl (C=O) groups excluding carboxylic acids is 1. The topological polar surface area (TPSA) is 38.1 Å². The van der Waals surface area contributed by atoms with Gasteiger partial charge in [0.1, 0.15) is 0 Å². The van der Waals surface area contributed by atoms with E-state index in [9.17, 15) is 4.79 Å². The fraction of sp³-hybridized carbons (Fsp3) is 0.333. The lowest BCUT2D eigenvalue weighted by Gasteiger charge is -2.17. The van der Waals surface area contributed by atoms with Crippen LogP contribution in [0.3, 0.4) is 0 Å². The molecule has 1 amide bonds. The standard InChI is InChI=1S/C15H19N3O/c1-11-5-6-14(12(2)7-11)15(19)17(3)9-13-8-16-18(4)10-13/h5-8,10H,9H2,1-4H3. The van der Waals surface area contributed by atoms with Gasteiger partial charge in [0.05, 0.1) is 6.20 Å². The first-order valence-corrected chi connectivity index (χ1v) is 6.27. The minimum Gasteiger partial charge on any atom is -0.337 e. The highest BCUT2D eigenvalue weighted by Crippen LogP contribution is 2.14. The molecule has 0 aliphatic carbocycles. The number of hydrogen-bond donors (Lipinski definition) is 0. The average molecular weight is 257 g/mol. The molecule has 0 saturated carbocycles. The second kappa shape index (κ2) is 5.26. The number of amides is 1. The Kier molecular flexibility index (Phi) is 3.69. The molecule has 1 heterocycles. The molecule has 2 aromatic rings. The molecule has 19 heavy (non-hydrogen) atoms. The van der Waals surface area contributed by atoms with Gasteiger partial charge in [0.2, 0.25) is 0 Å². The molecule has 0 radical (unpaired) electrons. The van der Waals surface area contributed by atoms with Crippen LogP contribution < -0.4 is 0 Å². The first-order chi connectivity index (χ1) is 8.97. The second-order valence-electron chi connectivity index (χ2n) is 5.00. The van der Waals surface area contributed by atoms with E-state index in [0.717, 1.165) is 16.7 Å². The molecular formula is C15H19N3O. The first kappa shape index (κ1) is 13.3. The number of rotatable bonds is 3. The summed E-state index contributed by atoms with van der Waals surface area (Å²) in [6, 6.07) is 5.90.